The van der Waals surface area contributed by atoms with Gasteiger partial charge in [-0.25, -0.2) is 4.79 Å². The monoisotopic (exact) mass is 275 g/mol. The minimum atomic E-state index is -0.665. The van der Waals surface area contributed by atoms with Gasteiger partial charge in [0.1, 0.15) is 5.60 Å². The van der Waals surface area contributed by atoms with Crippen LogP contribution in [0.3, 0.4) is 0 Å². The van der Waals surface area contributed by atoms with Gasteiger partial charge in [-0.15, -0.1) is 0 Å². The van der Waals surface area contributed by atoms with Crippen LogP contribution in [0.1, 0.15) is 53.9 Å². The molecule has 0 rings (SSSR count). The molecule has 0 saturated carbocycles. The molecule has 0 heterocycles. The Balaban J connectivity index is 4.45. The third-order valence-electron chi connectivity index (χ3n) is 2.55. The molecule has 0 bridgehead atoms. The minimum Gasteiger partial charge on any atom is -0.444 e. The summed E-state index contributed by atoms with van der Waals surface area (Å²) in [6, 6.07) is -0.346. The Morgan fingerprint density at radius 2 is 1.89 bits per heavy atom. The van der Waals surface area contributed by atoms with Crippen molar-refractivity contribution in [2.45, 2.75) is 71.6 Å². The lowest BCUT2D eigenvalue weighted by Gasteiger charge is -2.27. The molecule has 0 aliphatic rings. The van der Waals surface area contributed by atoms with Crippen LogP contribution in [0, 0.1) is 5.92 Å². The van der Waals surface area contributed by atoms with E-state index in [4.69, 9.17) is 9.84 Å². The van der Waals surface area contributed by atoms with Gasteiger partial charge in [-0.3, -0.25) is 0 Å². The van der Waals surface area contributed by atoms with Gasteiger partial charge in [0, 0.05) is 6.61 Å². The molecule has 0 aromatic carbocycles. The smallest absolute Gasteiger partial charge is 0.407 e. The van der Waals surface area contributed by atoms with E-state index in [1.807, 2.05) is 13.8 Å². The van der Waals surface area contributed by atoms with Crippen LogP contribution in [0.4, 0.5) is 4.79 Å². The van der Waals surface area contributed by atoms with E-state index < -0.39 is 17.8 Å². The van der Waals surface area contributed by atoms with Crippen molar-refractivity contribution in [3.05, 3.63) is 0 Å². The Labute approximate surface area is 116 Å². The Hall–Kier alpha value is -0.810. The Morgan fingerprint density at radius 1 is 1.32 bits per heavy atom. The fourth-order valence-corrected chi connectivity index (χ4v) is 1.78. The number of rotatable bonds is 7. The van der Waals surface area contributed by atoms with Crippen molar-refractivity contribution >= 4 is 6.09 Å². The molecule has 0 aliphatic heterocycles. The summed E-state index contributed by atoms with van der Waals surface area (Å²) >= 11 is 0. The molecule has 5 nitrogen and oxygen atoms in total. The zero-order valence-electron chi connectivity index (χ0n) is 12.8. The van der Waals surface area contributed by atoms with Crippen molar-refractivity contribution in [3.8, 4) is 0 Å². The maximum absolute atomic E-state index is 11.7. The van der Waals surface area contributed by atoms with E-state index in [1.54, 1.807) is 20.8 Å². The average Bonchev–Trinajstić information content (AvgIpc) is 2.21. The zero-order chi connectivity index (χ0) is 15.1. The molecule has 0 aliphatic carbocycles. The van der Waals surface area contributed by atoms with Crippen molar-refractivity contribution in [2.75, 3.05) is 6.61 Å². The van der Waals surface area contributed by atoms with E-state index in [2.05, 4.69) is 5.32 Å². The summed E-state index contributed by atoms with van der Waals surface area (Å²) in [5.41, 5.74) is -0.553. The fourth-order valence-electron chi connectivity index (χ4n) is 1.78. The van der Waals surface area contributed by atoms with E-state index in [1.165, 1.54) is 0 Å². The number of alkyl carbamates (subject to hydrolysis) is 1. The number of hydrogen-bond donors (Lipinski definition) is 3. The number of carbonyl (C=O) groups excluding carboxylic acids is 1. The largest absolute Gasteiger partial charge is 0.444 e. The van der Waals surface area contributed by atoms with Crippen LogP contribution in [0.5, 0.6) is 0 Å². The van der Waals surface area contributed by atoms with Crippen LogP contribution in [-0.2, 0) is 4.74 Å². The topological polar surface area (TPSA) is 78.8 Å². The van der Waals surface area contributed by atoms with E-state index in [0.717, 1.165) is 0 Å². The molecule has 0 spiro atoms. The van der Waals surface area contributed by atoms with Crippen molar-refractivity contribution in [2.24, 2.45) is 5.92 Å². The number of carbonyl (C=O) groups is 1. The van der Waals surface area contributed by atoms with Gasteiger partial charge in [0.2, 0.25) is 0 Å². The van der Waals surface area contributed by atoms with Gasteiger partial charge in [-0.1, -0.05) is 13.8 Å². The lowest BCUT2D eigenvalue weighted by atomic mass is 9.96. The first kappa shape index (κ1) is 18.2. The quantitative estimate of drug-likeness (QED) is 0.664. The van der Waals surface area contributed by atoms with Gasteiger partial charge in [0.15, 0.2) is 0 Å². The molecule has 1 amide bonds. The number of ether oxygens (including phenoxy) is 1. The van der Waals surface area contributed by atoms with Crippen LogP contribution < -0.4 is 5.32 Å². The first-order chi connectivity index (χ1) is 8.65. The second-order valence-electron chi connectivity index (χ2n) is 6.32. The molecule has 2 atom stereocenters. The molecule has 0 aromatic rings. The maximum atomic E-state index is 11.7. The molecule has 0 aromatic heterocycles. The molecular weight excluding hydrogens is 246 g/mol. The van der Waals surface area contributed by atoms with Crippen LogP contribution >= 0.6 is 0 Å². The molecule has 0 radical (unpaired) electrons. The third kappa shape index (κ3) is 9.73. The average molecular weight is 275 g/mol. The normalized spacial score (nSPS) is 15.2. The van der Waals surface area contributed by atoms with Gasteiger partial charge < -0.3 is 20.3 Å². The highest BCUT2D eigenvalue weighted by molar-refractivity contribution is 5.68. The highest BCUT2D eigenvalue weighted by Gasteiger charge is 2.24. The molecule has 5 heteroatoms. The van der Waals surface area contributed by atoms with Crippen LogP contribution in [-0.4, -0.2) is 40.7 Å². The standard InChI is InChI=1S/C14H29NO4/c1-10(2)9-11(12(17)7-6-8-16)15-13(18)19-14(3,4)5/h10-12,16-17H,6-9H2,1-5H3,(H,15,18)/t11-,12?/m0/s1. The molecular formula is C14H29NO4. The first-order valence-corrected chi connectivity index (χ1v) is 6.94. The predicted octanol–water partition coefficient (Wildman–Crippen LogP) is 2.06. The number of amides is 1. The van der Waals surface area contributed by atoms with E-state index >= 15 is 0 Å². The lowest BCUT2D eigenvalue weighted by Crippen LogP contribution is -2.46. The highest BCUT2D eigenvalue weighted by Crippen LogP contribution is 2.14. The number of nitrogens with one attached hydrogen (secondary N) is 1. The van der Waals surface area contributed by atoms with Crippen LogP contribution in [0.25, 0.3) is 0 Å². The van der Waals surface area contributed by atoms with Crippen molar-refractivity contribution in [1.29, 1.82) is 0 Å². The summed E-state index contributed by atoms with van der Waals surface area (Å²) < 4.78 is 5.19. The minimum absolute atomic E-state index is 0.0396. The van der Waals surface area contributed by atoms with Gasteiger partial charge in [0.25, 0.3) is 0 Å². The van der Waals surface area contributed by atoms with Gasteiger partial charge in [-0.2, -0.15) is 0 Å². The fraction of sp³-hybridized carbons (Fsp3) is 0.929. The summed E-state index contributed by atoms with van der Waals surface area (Å²) in [5.74, 6) is 0.351. The summed E-state index contributed by atoms with van der Waals surface area (Å²) in [4.78, 5) is 11.7. The van der Waals surface area contributed by atoms with E-state index in [0.29, 0.717) is 25.2 Å². The molecule has 114 valence electrons. The number of aliphatic hydroxyl groups is 2. The maximum Gasteiger partial charge on any atom is 0.407 e. The summed E-state index contributed by atoms with van der Waals surface area (Å²) in [7, 11) is 0. The molecule has 0 fully saturated rings. The summed E-state index contributed by atoms with van der Waals surface area (Å²) in [6.45, 7) is 9.49. The van der Waals surface area contributed by atoms with Crippen LogP contribution in [0.2, 0.25) is 0 Å². The Kier molecular flexibility index (Phi) is 8.02. The van der Waals surface area contributed by atoms with Crippen molar-refractivity contribution < 1.29 is 19.7 Å². The molecule has 0 saturated heterocycles. The Morgan fingerprint density at radius 3 is 2.32 bits per heavy atom. The van der Waals surface area contributed by atoms with Gasteiger partial charge >= 0.3 is 6.09 Å². The molecule has 1 unspecified atom stereocenters. The summed E-state index contributed by atoms with van der Waals surface area (Å²) in [6.07, 6.45) is 0.477. The second-order valence-corrected chi connectivity index (χ2v) is 6.32. The third-order valence-corrected chi connectivity index (χ3v) is 2.55. The first-order valence-electron chi connectivity index (χ1n) is 6.94. The lowest BCUT2D eigenvalue weighted by molar-refractivity contribution is 0.0385. The number of aliphatic hydroxyl groups excluding tert-OH is 2. The van der Waals surface area contributed by atoms with Gasteiger partial charge in [0.05, 0.1) is 12.1 Å². The summed E-state index contributed by atoms with van der Waals surface area (Å²) in [5, 5.41) is 21.6. The highest BCUT2D eigenvalue weighted by atomic mass is 16.6. The van der Waals surface area contributed by atoms with Crippen molar-refractivity contribution in [3.63, 3.8) is 0 Å². The predicted molar refractivity (Wildman–Crippen MR) is 74.9 cm³/mol. The molecule has 3 N–H and O–H groups in total. The SMILES string of the molecule is CC(C)C[C@H](NC(=O)OC(C)(C)C)C(O)CCCO. The van der Waals surface area contributed by atoms with Gasteiger partial charge in [-0.05, 0) is 46.0 Å². The van der Waals surface area contributed by atoms with Crippen molar-refractivity contribution in [1.82, 2.24) is 5.32 Å². The van der Waals surface area contributed by atoms with Crippen LogP contribution in [0.15, 0.2) is 0 Å². The zero-order valence-corrected chi connectivity index (χ0v) is 12.8. The Bertz CT molecular complexity index is 261. The second kappa shape index (κ2) is 8.38. The number of hydrogen-bond acceptors (Lipinski definition) is 4. The molecule has 19 heavy (non-hydrogen) atoms. The van der Waals surface area contributed by atoms with E-state index in [-0.39, 0.29) is 12.6 Å². The van der Waals surface area contributed by atoms with E-state index in [9.17, 15) is 9.90 Å².